The molecule has 30 heavy (non-hydrogen) atoms. The van der Waals surface area contributed by atoms with E-state index in [0.717, 1.165) is 63.8 Å². The molecule has 0 aliphatic carbocycles. The fourth-order valence-electron chi connectivity index (χ4n) is 5.28. The molecule has 0 radical (unpaired) electrons. The molecule has 0 saturated carbocycles. The lowest BCUT2D eigenvalue weighted by Gasteiger charge is -2.47. The van der Waals surface area contributed by atoms with Gasteiger partial charge in [0, 0.05) is 51.7 Å². The molecular formula is C25H38N2O3. The zero-order valence-corrected chi connectivity index (χ0v) is 18.7. The smallest absolute Gasteiger partial charge is 0.220 e. The summed E-state index contributed by atoms with van der Waals surface area (Å²) in [6, 6.07) is 8.34. The highest BCUT2D eigenvalue weighted by molar-refractivity contribution is 5.77. The highest BCUT2D eigenvalue weighted by atomic mass is 16.5. The number of carbonyl (C=O) groups is 1. The van der Waals surface area contributed by atoms with Crippen molar-refractivity contribution in [2.45, 2.75) is 63.9 Å². The first-order valence-corrected chi connectivity index (χ1v) is 11.9. The van der Waals surface area contributed by atoms with Crippen molar-refractivity contribution in [3.63, 3.8) is 0 Å². The Labute approximate surface area is 181 Å². The van der Waals surface area contributed by atoms with E-state index in [9.17, 15) is 4.79 Å². The molecule has 0 unspecified atom stereocenters. The van der Waals surface area contributed by atoms with Crippen LogP contribution in [0.25, 0.3) is 0 Å². The van der Waals surface area contributed by atoms with E-state index >= 15 is 0 Å². The molecule has 0 bridgehead atoms. The number of nitrogens with zero attached hydrogens (tertiary/aromatic N) is 1. The van der Waals surface area contributed by atoms with Gasteiger partial charge in [-0.2, -0.15) is 0 Å². The molecule has 1 spiro atoms. The summed E-state index contributed by atoms with van der Waals surface area (Å²) in [4.78, 5) is 15.2. The van der Waals surface area contributed by atoms with E-state index in [-0.39, 0.29) is 17.4 Å². The molecule has 3 aliphatic rings. The monoisotopic (exact) mass is 414 g/mol. The molecule has 4 rings (SSSR count). The minimum Gasteiger partial charge on any atom is -0.487 e. The van der Waals surface area contributed by atoms with E-state index in [0.29, 0.717) is 12.3 Å². The molecule has 5 nitrogen and oxygen atoms in total. The summed E-state index contributed by atoms with van der Waals surface area (Å²) in [5.74, 6) is 2.64. The van der Waals surface area contributed by atoms with Gasteiger partial charge in [0.1, 0.15) is 11.4 Å². The first kappa shape index (κ1) is 21.6. The second-order valence-corrected chi connectivity index (χ2v) is 9.98. The van der Waals surface area contributed by atoms with Crippen LogP contribution in [0.2, 0.25) is 0 Å². The SMILES string of the molecule is CC(C)CNC(=O)C[C@@H]1CC2(CCN(CC3CCOCC3)CC2)Oc2ccccc21. The number of hydrogen-bond acceptors (Lipinski definition) is 4. The lowest BCUT2D eigenvalue weighted by Crippen LogP contribution is -2.51. The summed E-state index contributed by atoms with van der Waals surface area (Å²) >= 11 is 0. The van der Waals surface area contributed by atoms with Crippen molar-refractivity contribution in [2.75, 3.05) is 39.4 Å². The minimum absolute atomic E-state index is 0.122. The highest BCUT2D eigenvalue weighted by Crippen LogP contribution is 2.46. The van der Waals surface area contributed by atoms with Crippen LogP contribution in [-0.4, -0.2) is 55.8 Å². The van der Waals surface area contributed by atoms with Gasteiger partial charge in [0.05, 0.1) is 0 Å². The van der Waals surface area contributed by atoms with E-state index in [1.165, 1.54) is 24.9 Å². The standard InChI is InChI=1S/C25H38N2O3/c1-19(2)17-26-24(28)15-21-16-25(30-23-6-4-3-5-22(21)23)9-11-27(12-10-25)18-20-7-13-29-14-8-20/h3-6,19-21H,7-18H2,1-2H3,(H,26,28)/t21-/m1/s1. The first-order valence-electron chi connectivity index (χ1n) is 11.9. The number of fused-ring (bicyclic) bond motifs is 1. The Bertz CT molecular complexity index is 706. The van der Waals surface area contributed by atoms with Gasteiger partial charge in [-0.1, -0.05) is 32.0 Å². The maximum Gasteiger partial charge on any atom is 0.220 e. The maximum atomic E-state index is 12.6. The molecular weight excluding hydrogens is 376 g/mol. The van der Waals surface area contributed by atoms with Crippen LogP contribution in [0.4, 0.5) is 0 Å². The topological polar surface area (TPSA) is 50.8 Å². The summed E-state index contributed by atoms with van der Waals surface area (Å²) in [7, 11) is 0. The largest absolute Gasteiger partial charge is 0.487 e. The molecule has 1 atom stereocenters. The van der Waals surface area contributed by atoms with E-state index in [1.807, 2.05) is 6.07 Å². The highest BCUT2D eigenvalue weighted by Gasteiger charge is 2.43. The molecule has 2 fully saturated rings. The first-order chi connectivity index (χ1) is 14.5. The van der Waals surface area contributed by atoms with Crippen LogP contribution in [-0.2, 0) is 9.53 Å². The molecule has 1 amide bonds. The Morgan fingerprint density at radius 1 is 1.20 bits per heavy atom. The summed E-state index contributed by atoms with van der Waals surface area (Å²) < 4.78 is 12.1. The van der Waals surface area contributed by atoms with Crippen LogP contribution < -0.4 is 10.1 Å². The molecule has 1 aromatic rings. The molecule has 166 valence electrons. The van der Waals surface area contributed by atoms with Crippen LogP contribution in [0, 0.1) is 11.8 Å². The number of amides is 1. The van der Waals surface area contributed by atoms with Gasteiger partial charge in [-0.15, -0.1) is 0 Å². The van der Waals surface area contributed by atoms with Gasteiger partial charge in [-0.3, -0.25) is 4.79 Å². The van der Waals surface area contributed by atoms with Crippen molar-refractivity contribution in [3.8, 4) is 5.75 Å². The fraction of sp³-hybridized carbons (Fsp3) is 0.720. The molecule has 0 aromatic heterocycles. The van der Waals surface area contributed by atoms with Crippen LogP contribution in [0.3, 0.4) is 0 Å². The Hall–Kier alpha value is -1.59. The van der Waals surface area contributed by atoms with Crippen LogP contribution >= 0.6 is 0 Å². The number of likely N-dealkylation sites (tertiary alicyclic amines) is 1. The summed E-state index contributed by atoms with van der Waals surface area (Å²) in [5, 5.41) is 3.11. The maximum absolute atomic E-state index is 12.6. The number of para-hydroxylation sites is 1. The van der Waals surface area contributed by atoms with Gasteiger partial charge in [0.15, 0.2) is 0 Å². The average molecular weight is 415 g/mol. The van der Waals surface area contributed by atoms with Gasteiger partial charge < -0.3 is 19.7 Å². The predicted octanol–water partition coefficient (Wildman–Crippen LogP) is 3.98. The van der Waals surface area contributed by atoms with Gasteiger partial charge >= 0.3 is 0 Å². The van der Waals surface area contributed by atoms with E-state index < -0.39 is 0 Å². The Kier molecular flexibility index (Phi) is 6.99. The summed E-state index contributed by atoms with van der Waals surface area (Å²) in [5.41, 5.74) is 1.08. The molecule has 5 heteroatoms. The molecule has 3 heterocycles. The van der Waals surface area contributed by atoms with E-state index in [4.69, 9.17) is 9.47 Å². The van der Waals surface area contributed by atoms with Crippen LogP contribution in [0.15, 0.2) is 24.3 Å². The zero-order valence-electron chi connectivity index (χ0n) is 18.7. The molecule has 1 aromatic carbocycles. The Morgan fingerprint density at radius 3 is 2.67 bits per heavy atom. The Balaban J connectivity index is 1.39. The lowest BCUT2D eigenvalue weighted by atomic mass is 9.76. The lowest BCUT2D eigenvalue weighted by molar-refractivity contribution is -0.122. The van der Waals surface area contributed by atoms with Gasteiger partial charge in [-0.05, 0) is 55.6 Å². The van der Waals surface area contributed by atoms with E-state index in [2.05, 4.69) is 42.3 Å². The van der Waals surface area contributed by atoms with Crippen LogP contribution in [0.5, 0.6) is 5.75 Å². The van der Waals surface area contributed by atoms with E-state index in [1.54, 1.807) is 0 Å². The summed E-state index contributed by atoms with van der Waals surface area (Å²) in [6.45, 7) is 10.2. The van der Waals surface area contributed by atoms with Gasteiger partial charge in [-0.25, -0.2) is 0 Å². The number of hydrogen-bond donors (Lipinski definition) is 1. The fourth-order valence-corrected chi connectivity index (χ4v) is 5.28. The number of ether oxygens (including phenoxy) is 2. The van der Waals surface area contributed by atoms with Crippen molar-refractivity contribution >= 4 is 5.91 Å². The van der Waals surface area contributed by atoms with Crippen LogP contribution in [0.1, 0.15) is 63.9 Å². The number of nitrogens with one attached hydrogen (secondary N) is 1. The van der Waals surface area contributed by atoms with Gasteiger partial charge in [0.2, 0.25) is 5.91 Å². The molecule has 1 N–H and O–H groups in total. The van der Waals surface area contributed by atoms with Crippen molar-refractivity contribution in [1.82, 2.24) is 10.2 Å². The van der Waals surface area contributed by atoms with Gasteiger partial charge in [0.25, 0.3) is 0 Å². The zero-order chi connectivity index (χ0) is 21.0. The van der Waals surface area contributed by atoms with Crippen molar-refractivity contribution in [2.24, 2.45) is 11.8 Å². The number of carbonyl (C=O) groups excluding carboxylic acids is 1. The Morgan fingerprint density at radius 2 is 1.93 bits per heavy atom. The minimum atomic E-state index is -0.122. The third kappa shape index (κ3) is 5.36. The summed E-state index contributed by atoms with van der Waals surface area (Å²) in [6.07, 6.45) is 5.99. The van der Waals surface area contributed by atoms with Crippen molar-refractivity contribution in [1.29, 1.82) is 0 Å². The molecule has 3 aliphatic heterocycles. The van der Waals surface area contributed by atoms with Crippen molar-refractivity contribution in [3.05, 3.63) is 29.8 Å². The predicted molar refractivity (Wildman–Crippen MR) is 119 cm³/mol. The quantitative estimate of drug-likeness (QED) is 0.765. The second kappa shape index (κ2) is 9.69. The van der Waals surface area contributed by atoms with Crippen molar-refractivity contribution < 1.29 is 14.3 Å². The number of rotatable bonds is 6. The third-order valence-electron chi connectivity index (χ3n) is 7.07. The molecule has 2 saturated heterocycles. The normalized spacial score (nSPS) is 24.4. The number of benzene rings is 1. The third-order valence-corrected chi connectivity index (χ3v) is 7.07. The number of piperidine rings is 1. The average Bonchev–Trinajstić information content (AvgIpc) is 2.75. The second-order valence-electron chi connectivity index (χ2n) is 9.98.